The molecule has 3 unspecified atom stereocenters. The van der Waals surface area contributed by atoms with Gasteiger partial charge >= 0.3 is 5.97 Å². The summed E-state index contributed by atoms with van der Waals surface area (Å²) in [5.74, 6) is -0.946. The molecule has 1 aliphatic heterocycles. The Kier molecular flexibility index (Phi) is 9.85. The molecule has 4 N–H and O–H groups in total. The topological polar surface area (TPSA) is 143 Å². The first kappa shape index (κ1) is 28.0. The number of ether oxygens (including phenoxy) is 3. The minimum atomic E-state index is -0.721. The second-order valence-electron chi connectivity index (χ2n) is 9.16. The van der Waals surface area contributed by atoms with Crippen molar-refractivity contribution in [2.75, 3.05) is 26.5 Å². The van der Waals surface area contributed by atoms with E-state index in [2.05, 4.69) is 10.6 Å². The predicted molar refractivity (Wildman–Crippen MR) is 142 cm³/mol. The van der Waals surface area contributed by atoms with E-state index >= 15 is 0 Å². The number of esters is 1. The molecule has 0 aromatic heterocycles. The van der Waals surface area contributed by atoms with E-state index in [-0.39, 0.29) is 56.9 Å². The van der Waals surface area contributed by atoms with Crippen molar-refractivity contribution in [1.29, 1.82) is 0 Å². The minimum Gasteiger partial charge on any atom is -0.508 e. The Balaban J connectivity index is 1.31. The molecule has 10 heteroatoms. The number of hydrogen-bond donors (Lipinski definition) is 4. The molecule has 3 atom stereocenters. The van der Waals surface area contributed by atoms with Crippen LogP contribution in [0.15, 0.2) is 66.3 Å². The van der Waals surface area contributed by atoms with Crippen molar-refractivity contribution in [3.05, 3.63) is 82.9 Å². The van der Waals surface area contributed by atoms with Crippen molar-refractivity contribution in [2.45, 2.75) is 37.6 Å². The molecule has 2 aromatic carbocycles. The van der Waals surface area contributed by atoms with Gasteiger partial charge in [0, 0.05) is 31.5 Å². The maximum Gasteiger partial charge on any atom is 0.338 e. The maximum atomic E-state index is 12.9. The molecule has 10 nitrogen and oxygen atoms in total. The number of phenolic OH excluding ortho intramolecular Hbond substituents is 1. The lowest BCUT2D eigenvalue weighted by atomic mass is 9.91. The molecule has 4 rings (SSSR count). The van der Waals surface area contributed by atoms with E-state index in [1.807, 2.05) is 24.3 Å². The zero-order chi connectivity index (χ0) is 27.6. The summed E-state index contributed by atoms with van der Waals surface area (Å²) in [7, 11) is 0. The van der Waals surface area contributed by atoms with Crippen LogP contribution in [0.25, 0.3) is 6.08 Å². The highest BCUT2D eigenvalue weighted by atomic mass is 16.7. The van der Waals surface area contributed by atoms with Crippen LogP contribution in [0.5, 0.6) is 5.75 Å². The van der Waals surface area contributed by atoms with E-state index in [1.165, 1.54) is 0 Å². The lowest BCUT2D eigenvalue weighted by Gasteiger charge is -2.30. The quantitative estimate of drug-likeness (QED) is 0.319. The Morgan fingerprint density at radius 3 is 2.59 bits per heavy atom. The Bertz CT molecular complexity index is 1220. The van der Waals surface area contributed by atoms with Gasteiger partial charge in [-0.15, -0.1) is 0 Å². The van der Waals surface area contributed by atoms with Crippen LogP contribution in [-0.2, 0) is 30.2 Å². The van der Waals surface area contributed by atoms with E-state index in [0.717, 1.165) is 11.1 Å². The van der Waals surface area contributed by atoms with Crippen molar-refractivity contribution in [3.63, 3.8) is 0 Å². The highest BCUT2D eigenvalue weighted by Crippen LogP contribution is 2.30. The molecular formula is C29H32N2O8. The summed E-state index contributed by atoms with van der Waals surface area (Å²) in [4.78, 5) is 37.3. The fraction of sp³-hybridized carbons (Fsp3) is 0.345. The first-order chi connectivity index (χ1) is 18.9. The molecule has 1 heterocycles. The van der Waals surface area contributed by atoms with Crippen LogP contribution in [0.3, 0.4) is 0 Å². The fourth-order valence-electron chi connectivity index (χ4n) is 4.35. The van der Waals surface area contributed by atoms with Gasteiger partial charge in [-0.2, -0.15) is 0 Å². The molecule has 2 aromatic rings. The Hall–Kier alpha value is -3.99. The monoisotopic (exact) mass is 536 g/mol. The standard InChI is InChI=1S/C29H32N2O8/c32-15-14-30-26(34)12-13-31-28(35)22-16-24-27(38-18-37-24)25(17-22)39-29(36)21-10-8-19(9-11-21)4-3-6-20-5-1-2-7-23(20)33/h1-5,7-11,16,24-25,27,32-33H,6,12-15,17-18H2,(H,30,34)(H,31,35). The van der Waals surface area contributed by atoms with E-state index < -0.39 is 24.3 Å². The summed E-state index contributed by atoms with van der Waals surface area (Å²) in [6.07, 6.45) is 4.53. The molecule has 0 radical (unpaired) electrons. The van der Waals surface area contributed by atoms with Gasteiger partial charge in [-0.3, -0.25) is 9.59 Å². The number of phenols is 1. The van der Waals surface area contributed by atoms with Crippen molar-refractivity contribution >= 4 is 23.9 Å². The molecular weight excluding hydrogens is 504 g/mol. The van der Waals surface area contributed by atoms with Gasteiger partial charge in [0.2, 0.25) is 11.8 Å². The molecule has 1 saturated heterocycles. The number of benzene rings is 2. The molecule has 206 valence electrons. The average Bonchev–Trinajstić information content (AvgIpc) is 3.42. The van der Waals surface area contributed by atoms with Gasteiger partial charge in [0.05, 0.1) is 12.2 Å². The van der Waals surface area contributed by atoms with Crippen LogP contribution < -0.4 is 10.6 Å². The number of allylic oxidation sites excluding steroid dienone is 1. The van der Waals surface area contributed by atoms with E-state index in [0.29, 0.717) is 17.6 Å². The summed E-state index contributed by atoms with van der Waals surface area (Å²) >= 11 is 0. The summed E-state index contributed by atoms with van der Waals surface area (Å²) in [6, 6.07) is 14.1. The fourth-order valence-corrected chi connectivity index (χ4v) is 4.35. The van der Waals surface area contributed by atoms with E-state index in [4.69, 9.17) is 19.3 Å². The average molecular weight is 537 g/mol. The van der Waals surface area contributed by atoms with Crippen molar-refractivity contribution in [3.8, 4) is 5.75 Å². The molecule has 1 aliphatic carbocycles. The van der Waals surface area contributed by atoms with Gasteiger partial charge < -0.3 is 35.1 Å². The highest BCUT2D eigenvalue weighted by molar-refractivity contribution is 5.94. The summed E-state index contributed by atoms with van der Waals surface area (Å²) in [5, 5.41) is 23.9. The van der Waals surface area contributed by atoms with Crippen LogP contribution in [0.2, 0.25) is 0 Å². The van der Waals surface area contributed by atoms with Gasteiger partial charge in [-0.1, -0.05) is 42.5 Å². The third kappa shape index (κ3) is 7.76. The summed E-state index contributed by atoms with van der Waals surface area (Å²) < 4.78 is 16.9. The molecule has 0 bridgehead atoms. The predicted octanol–water partition coefficient (Wildman–Crippen LogP) is 1.86. The Labute approximate surface area is 226 Å². The Morgan fingerprint density at radius 2 is 1.82 bits per heavy atom. The lowest BCUT2D eigenvalue weighted by molar-refractivity contribution is -0.121. The van der Waals surface area contributed by atoms with Gasteiger partial charge in [0.1, 0.15) is 30.9 Å². The molecule has 0 saturated carbocycles. The first-order valence-electron chi connectivity index (χ1n) is 12.8. The number of amides is 2. The van der Waals surface area contributed by atoms with Crippen LogP contribution in [0, 0.1) is 0 Å². The molecule has 39 heavy (non-hydrogen) atoms. The minimum absolute atomic E-state index is 0.0294. The zero-order valence-corrected chi connectivity index (χ0v) is 21.4. The first-order valence-corrected chi connectivity index (χ1v) is 12.8. The van der Waals surface area contributed by atoms with E-state index in [9.17, 15) is 19.5 Å². The highest BCUT2D eigenvalue weighted by Gasteiger charge is 2.42. The number of fused-ring (bicyclic) bond motifs is 1. The number of aromatic hydroxyl groups is 1. The second kappa shape index (κ2) is 13.7. The number of aliphatic hydroxyl groups is 1. The van der Waals surface area contributed by atoms with Crippen LogP contribution in [0.1, 0.15) is 34.3 Å². The third-order valence-corrected chi connectivity index (χ3v) is 6.41. The number of hydrogen-bond acceptors (Lipinski definition) is 8. The SMILES string of the molecule is O=C(CCNC(=O)C1=CC2OCOC2C(OC(=O)c2ccc(C=CCc3ccccc3O)cc2)C1)NCCO. The smallest absolute Gasteiger partial charge is 0.338 e. The molecule has 2 aliphatic rings. The number of rotatable bonds is 11. The number of nitrogens with one attached hydrogen (secondary N) is 2. The van der Waals surface area contributed by atoms with Crippen LogP contribution in [0.4, 0.5) is 0 Å². The second-order valence-corrected chi connectivity index (χ2v) is 9.16. The van der Waals surface area contributed by atoms with Crippen molar-refractivity contribution in [1.82, 2.24) is 10.6 Å². The Morgan fingerprint density at radius 1 is 1.03 bits per heavy atom. The number of carbonyl (C=O) groups is 3. The number of aliphatic hydroxyl groups excluding tert-OH is 1. The third-order valence-electron chi connectivity index (χ3n) is 6.41. The molecule has 1 fully saturated rings. The number of carbonyl (C=O) groups excluding carboxylic acids is 3. The van der Waals surface area contributed by atoms with Crippen molar-refractivity contribution in [2.24, 2.45) is 0 Å². The van der Waals surface area contributed by atoms with Gasteiger partial charge in [-0.25, -0.2) is 4.79 Å². The van der Waals surface area contributed by atoms with Crippen molar-refractivity contribution < 1.29 is 38.8 Å². The normalized spacial score (nSPS) is 20.2. The largest absolute Gasteiger partial charge is 0.508 e. The van der Waals surface area contributed by atoms with Gasteiger partial charge in [0.15, 0.2) is 0 Å². The summed E-state index contributed by atoms with van der Waals surface area (Å²) in [6.45, 7) is 0.153. The van der Waals surface area contributed by atoms with Crippen LogP contribution in [-0.4, -0.2) is 72.8 Å². The molecule has 2 amide bonds. The summed E-state index contributed by atoms with van der Waals surface area (Å²) in [5.41, 5.74) is 2.46. The number of para-hydroxylation sites is 1. The lowest BCUT2D eigenvalue weighted by Crippen LogP contribution is -2.43. The van der Waals surface area contributed by atoms with Crippen LogP contribution >= 0.6 is 0 Å². The zero-order valence-electron chi connectivity index (χ0n) is 21.4. The van der Waals surface area contributed by atoms with Gasteiger partial charge in [0.25, 0.3) is 0 Å². The maximum absolute atomic E-state index is 12.9. The van der Waals surface area contributed by atoms with Gasteiger partial charge in [-0.05, 0) is 41.8 Å². The van der Waals surface area contributed by atoms with E-state index in [1.54, 1.807) is 42.5 Å². The molecule has 0 spiro atoms.